The molecule has 0 atom stereocenters. The number of rotatable bonds is 5. The van der Waals surface area contributed by atoms with Gasteiger partial charge in [-0.3, -0.25) is 9.89 Å². The molecule has 32 heavy (non-hydrogen) atoms. The highest BCUT2D eigenvalue weighted by Crippen LogP contribution is 2.37. The molecule has 6 nitrogen and oxygen atoms in total. The van der Waals surface area contributed by atoms with Crippen molar-refractivity contribution in [2.45, 2.75) is 37.5 Å². The van der Waals surface area contributed by atoms with Gasteiger partial charge in [0.15, 0.2) is 0 Å². The summed E-state index contributed by atoms with van der Waals surface area (Å²) in [7, 11) is 0. The fourth-order valence-corrected chi connectivity index (χ4v) is 4.63. The van der Waals surface area contributed by atoms with Gasteiger partial charge in [-0.1, -0.05) is 6.07 Å². The van der Waals surface area contributed by atoms with Gasteiger partial charge in [-0.05, 0) is 44.2 Å². The van der Waals surface area contributed by atoms with Crippen molar-refractivity contribution in [3.8, 4) is 0 Å². The van der Waals surface area contributed by atoms with E-state index >= 15 is 0 Å². The number of likely N-dealkylation sites (tertiary alicyclic amines) is 1. The van der Waals surface area contributed by atoms with Crippen LogP contribution in [0.2, 0.25) is 0 Å². The van der Waals surface area contributed by atoms with Crippen LogP contribution in [-0.4, -0.2) is 80.4 Å². The maximum Gasteiger partial charge on any atom is 0.416 e. The number of morpholine rings is 1. The van der Waals surface area contributed by atoms with Crippen molar-refractivity contribution in [2.75, 3.05) is 50.8 Å². The molecule has 0 bridgehead atoms. The summed E-state index contributed by atoms with van der Waals surface area (Å²) in [4.78, 5) is 15.7. The second-order valence-corrected chi connectivity index (χ2v) is 8.84. The molecule has 172 valence electrons. The van der Waals surface area contributed by atoms with Gasteiger partial charge in [-0.2, -0.15) is 13.2 Å². The van der Waals surface area contributed by atoms with Crippen molar-refractivity contribution in [1.29, 1.82) is 0 Å². The minimum atomic E-state index is -4.37. The van der Waals surface area contributed by atoms with Gasteiger partial charge in [0.25, 0.3) is 0 Å². The molecule has 4 fully saturated rings. The van der Waals surface area contributed by atoms with E-state index in [2.05, 4.69) is 21.5 Å². The molecule has 0 unspecified atom stereocenters. The number of hydrogen-bond donors (Lipinski definition) is 0. The van der Waals surface area contributed by atoms with Crippen LogP contribution in [0.1, 0.15) is 24.8 Å². The number of benzene rings is 1. The van der Waals surface area contributed by atoms with E-state index in [9.17, 15) is 13.2 Å². The summed E-state index contributed by atoms with van der Waals surface area (Å²) in [5, 5.41) is 0. The third-order valence-electron chi connectivity index (χ3n) is 6.85. The monoisotopic (exact) mass is 447 g/mol. The van der Waals surface area contributed by atoms with Crippen LogP contribution >= 0.6 is 0 Å². The third kappa shape index (κ3) is 4.03. The second-order valence-electron chi connectivity index (χ2n) is 8.84. The van der Waals surface area contributed by atoms with Crippen LogP contribution in [0, 0.1) is 0 Å². The summed E-state index contributed by atoms with van der Waals surface area (Å²) in [6, 6.07) is 6.18. The summed E-state index contributed by atoms with van der Waals surface area (Å²) in [6.07, 6.45) is -1.19. The molecule has 9 heteroatoms. The van der Waals surface area contributed by atoms with Crippen molar-refractivity contribution in [1.82, 2.24) is 9.80 Å². The van der Waals surface area contributed by atoms with E-state index < -0.39 is 11.7 Å². The first-order chi connectivity index (χ1) is 15.4. The number of hydrogen-bond acceptors (Lipinski definition) is 5. The van der Waals surface area contributed by atoms with E-state index in [4.69, 9.17) is 9.73 Å². The molecule has 1 saturated carbocycles. The summed E-state index contributed by atoms with van der Waals surface area (Å²) < 4.78 is 45.1. The lowest BCUT2D eigenvalue weighted by atomic mass is 9.92. The fourth-order valence-electron chi connectivity index (χ4n) is 4.63. The van der Waals surface area contributed by atoms with Crippen molar-refractivity contribution in [3.05, 3.63) is 41.2 Å². The molecule has 3 saturated heterocycles. The van der Waals surface area contributed by atoms with Crippen molar-refractivity contribution in [3.63, 3.8) is 0 Å². The number of aliphatic imine (C=N–C) groups is 2. The van der Waals surface area contributed by atoms with Crippen LogP contribution in [0.5, 0.6) is 0 Å². The first-order valence-corrected chi connectivity index (χ1v) is 11.2. The molecule has 0 spiro atoms. The van der Waals surface area contributed by atoms with Crippen LogP contribution in [0.25, 0.3) is 0 Å². The van der Waals surface area contributed by atoms with Crippen LogP contribution in [0.15, 0.2) is 45.6 Å². The topological polar surface area (TPSA) is 43.7 Å². The van der Waals surface area contributed by atoms with Gasteiger partial charge in [0, 0.05) is 37.9 Å². The van der Waals surface area contributed by atoms with E-state index in [0.29, 0.717) is 18.3 Å². The quantitative estimate of drug-likeness (QED) is 0.649. The Labute approximate surface area is 186 Å². The highest BCUT2D eigenvalue weighted by atomic mass is 19.4. The molecule has 0 radical (unpaired) electrons. The summed E-state index contributed by atoms with van der Waals surface area (Å²) in [5.74, 6) is 1.56. The Balaban J connectivity index is 1.37. The predicted molar refractivity (Wildman–Crippen MR) is 118 cm³/mol. The molecule has 3 aliphatic heterocycles. The van der Waals surface area contributed by atoms with Gasteiger partial charge in [0.05, 0.1) is 36.9 Å². The third-order valence-corrected chi connectivity index (χ3v) is 6.85. The fraction of sp³-hybridized carbons (Fsp3) is 0.565. The van der Waals surface area contributed by atoms with Gasteiger partial charge in [-0.15, -0.1) is 0 Å². The number of anilines is 1. The van der Waals surface area contributed by atoms with E-state index in [-0.39, 0.29) is 6.04 Å². The van der Waals surface area contributed by atoms with Crippen molar-refractivity contribution in [2.24, 2.45) is 9.98 Å². The van der Waals surface area contributed by atoms with E-state index in [1.165, 1.54) is 12.1 Å². The Morgan fingerprint density at radius 2 is 1.88 bits per heavy atom. The van der Waals surface area contributed by atoms with Crippen LogP contribution < -0.4 is 4.90 Å². The van der Waals surface area contributed by atoms with E-state index in [0.717, 1.165) is 82.0 Å². The molecule has 0 amide bonds. The minimum absolute atomic E-state index is 0.233. The van der Waals surface area contributed by atoms with Crippen LogP contribution in [-0.2, 0) is 10.9 Å². The standard InChI is InChI=1S/C23H28F3N5O/c1-27-21(30-13-19(14-30)29-8-10-32-11-9-29)20-15-31(22(20)28-17-5-3-6-17)18-7-2-4-16(12-18)23(24,25)26/h2,4,7,12,17,19H,1,3,5-6,8-11,13-15H2/b21-20+,28-22?. The van der Waals surface area contributed by atoms with Gasteiger partial charge >= 0.3 is 6.18 Å². The normalized spacial score (nSPS) is 25.9. The van der Waals surface area contributed by atoms with Gasteiger partial charge < -0.3 is 14.5 Å². The molecular formula is C23H28F3N5O. The smallest absolute Gasteiger partial charge is 0.379 e. The Hall–Kier alpha value is -2.39. The molecule has 3 heterocycles. The Morgan fingerprint density at radius 3 is 2.50 bits per heavy atom. The van der Waals surface area contributed by atoms with Gasteiger partial charge in [0.2, 0.25) is 0 Å². The first-order valence-electron chi connectivity index (χ1n) is 11.2. The van der Waals surface area contributed by atoms with Crippen LogP contribution in [0.4, 0.5) is 18.9 Å². The molecule has 0 aromatic heterocycles. The summed E-state index contributed by atoms with van der Waals surface area (Å²) >= 11 is 0. The first kappa shape index (κ1) is 21.5. The zero-order valence-corrected chi connectivity index (χ0v) is 18.0. The Morgan fingerprint density at radius 1 is 1.12 bits per heavy atom. The van der Waals surface area contributed by atoms with Gasteiger partial charge in [-0.25, -0.2) is 4.99 Å². The number of ether oxygens (including phenoxy) is 1. The molecular weight excluding hydrogens is 419 g/mol. The second kappa shape index (κ2) is 8.51. The highest BCUT2D eigenvalue weighted by Gasteiger charge is 2.40. The Kier molecular flexibility index (Phi) is 5.71. The van der Waals surface area contributed by atoms with Crippen molar-refractivity contribution < 1.29 is 17.9 Å². The SMILES string of the molecule is C=N/C(=C1/CN(c2cccc(C(F)(F)F)c2)C1=NC1CCC1)N1CC(N2CCOCC2)C1. The number of halogens is 3. The number of alkyl halides is 3. The number of nitrogens with zero attached hydrogens (tertiary/aromatic N) is 5. The highest BCUT2D eigenvalue weighted by molar-refractivity contribution is 6.17. The zero-order valence-electron chi connectivity index (χ0n) is 18.0. The maximum atomic E-state index is 13.2. The molecule has 1 aromatic carbocycles. The summed E-state index contributed by atoms with van der Waals surface area (Å²) in [5.41, 5.74) is 0.846. The largest absolute Gasteiger partial charge is 0.416 e. The maximum absolute atomic E-state index is 13.2. The Bertz CT molecular complexity index is 928. The zero-order chi connectivity index (χ0) is 22.3. The molecule has 0 N–H and O–H groups in total. The lowest BCUT2D eigenvalue weighted by molar-refractivity contribution is -0.137. The lowest BCUT2D eigenvalue weighted by Gasteiger charge is -2.49. The molecule has 5 rings (SSSR count). The molecule has 1 aromatic rings. The van der Waals surface area contributed by atoms with Gasteiger partial charge in [0.1, 0.15) is 11.7 Å². The summed E-state index contributed by atoms with van der Waals surface area (Å²) in [6.45, 7) is 9.46. The molecule has 4 aliphatic rings. The average molecular weight is 448 g/mol. The molecule has 1 aliphatic carbocycles. The average Bonchev–Trinajstić information content (AvgIpc) is 2.70. The van der Waals surface area contributed by atoms with E-state index in [1.54, 1.807) is 6.07 Å². The number of amidine groups is 1. The van der Waals surface area contributed by atoms with E-state index in [1.807, 2.05) is 4.90 Å². The van der Waals surface area contributed by atoms with Crippen molar-refractivity contribution >= 4 is 18.2 Å². The minimum Gasteiger partial charge on any atom is -0.379 e. The predicted octanol–water partition coefficient (Wildman–Crippen LogP) is 3.41. The van der Waals surface area contributed by atoms with Crippen LogP contribution in [0.3, 0.4) is 0 Å². The lowest BCUT2D eigenvalue weighted by Crippen LogP contribution is -2.61.